The van der Waals surface area contributed by atoms with Crippen molar-refractivity contribution < 1.29 is 19.5 Å². The molecule has 2 heterocycles. The first-order valence-corrected chi connectivity index (χ1v) is 7.48. The van der Waals surface area contributed by atoms with Crippen LogP contribution in [0.5, 0.6) is 0 Å². The van der Waals surface area contributed by atoms with Crippen LogP contribution in [0, 0.1) is 5.92 Å². The molecule has 2 aliphatic rings. The molecule has 0 unspecified atom stereocenters. The van der Waals surface area contributed by atoms with Crippen molar-refractivity contribution in [2.24, 2.45) is 11.7 Å². The summed E-state index contributed by atoms with van der Waals surface area (Å²) in [6.45, 7) is 1.98. The van der Waals surface area contributed by atoms with Gasteiger partial charge in [-0.25, -0.2) is 4.79 Å². The number of carbonyl (C=O) groups excluding carboxylic acids is 2. The lowest BCUT2D eigenvalue weighted by Crippen LogP contribution is -2.55. The quantitative estimate of drug-likeness (QED) is 0.821. The minimum atomic E-state index is -0.996. The number of carboxylic acids is 1. The third kappa shape index (κ3) is 4.18. The summed E-state index contributed by atoms with van der Waals surface area (Å²) in [6.07, 6.45) is 3.40. The molecule has 1 aromatic carbocycles. The number of fused-ring (bicyclic) bond motifs is 1. The summed E-state index contributed by atoms with van der Waals surface area (Å²) < 4.78 is 0. The van der Waals surface area contributed by atoms with Crippen molar-refractivity contribution >= 4 is 17.8 Å². The van der Waals surface area contributed by atoms with E-state index in [2.05, 4.69) is 0 Å². The molecule has 0 aliphatic carbocycles. The second-order valence-electron chi connectivity index (χ2n) is 5.82. The summed E-state index contributed by atoms with van der Waals surface area (Å²) in [5.74, 6) is -1.08. The minimum absolute atomic E-state index is 0.0643. The maximum Gasteiger partial charge on any atom is 0.352 e. The summed E-state index contributed by atoms with van der Waals surface area (Å²) in [5.41, 5.74) is 6.12. The van der Waals surface area contributed by atoms with E-state index in [9.17, 15) is 14.4 Å². The van der Waals surface area contributed by atoms with E-state index >= 15 is 0 Å². The number of carbonyl (C=O) groups is 3. The van der Waals surface area contributed by atoms with E-state index in [0.717, 1.165) is 12.0 Å². The first-order chi connectivity index (χ1) is 10.9. The average molecular weight is 316 g/mol. The molecule has 1 aromatic rings. The number of hydrogen-bond donors (Lipinski definition) is 2. The molecule has 2 atom stereocenters. The van der Waals surface area contributed by atoms with Crippen molar-refractivity contribution in [3.05, 3.63) is 47.7 Å². The monoisotopic (exact) mass is 316 g/mol. The van der Waals surface area contributed by atoms with Crippen LogP contribution >= 0.6 is 0 Å². The van der Waals surface area contributed by atoms with E-state index in [4.69, 9.17) is 10.8 Å². The van der Waals surface area contributed by atoms with Crippen molar-refractivity contribution in [3.8, 4) is 0 Å². The van der Waals surface area contributed by atoms with Gasteiger partial charge in [-0.15, -0.1) is 0 Å². The molecule has 3 rings (SSSR count). The number of carboxylic acid groups (broad SMARTS) is 1. The summed E-state index contributed by atoms with van der Waals surface area (Å²) in [5, 5.41) is 8.83. The second-order valence-corrected chi connectivity index (χ2v) is 5.82. The highest BCUT2D eigenvalue weighted by Gasteiger charge is 2.43. The number of benzene rings is 1. The average Bonchev–Trinajstić information content (AvgIpc) is 2.46. The molecule has 0 aromatic heterocycles. The van der Waals surface area contributed by atoms with Gasteiger partial charge in [-0.05, 0) is 17.9 Å². The Balaban J connectivity index is 0.000000174. The van der Waals surface area contributed by atoms with Crippen molar-refractivity contribution in [1.82, 2.24) is 4.90 Å². The van der Waals surface area contributed by atoms with Gasteiger partial charge in [0, 0.05) is 12.5 Å². The molecule has 122 valence electrons. The predicted octanol–water partition coefficient (Wildman–Crippen LogP) is 1.31. The fourth-order valence-corrected chi connectivity index (χ4v) is 2.82. The van der Waals surface area contributed by atoms with Crippen LogP contribution in [-0.2, 0) is 20.8 Å². The number of aliphatic carboxylic acids is 1. The van der Waals surface area contributed by atoms with Crippen LogP contribution in [0.1, 0.15) is 25.3 Å². The first kappa shape index (κ1) is 16.7. The molecule has 3 N–H and O–H groups in total. The maximum absolute atomic E-state index is 11.1. The zero-order valence-corrected chi connectivity index (χ0v) is 12.9. The van der Waals surface area contributed by atoms with E-state index in [1.165, 1.54) is 4.90 Å². The standard InChI is InChI=1S/C9H11NO3.C8H9NO/c1-5-2-6-4-8(11)10(6)7(3-5)9(12)13;9-8(10)6-7-4-2-1-3-5-7/h3,5-6H,2,4H2,1H3,(H,12,13);1-5H,6H2,(H2,9,10)/t5-,6+;/m1./s1. The zero-order chi connectivity index (χ0) is 17.0. The Bertz CT molecular complexity index is 639. The number of hydrogen-bond acceptors (Lipinski definition) is 3. The molecule has 2 amide bonds. The van der Waals surface area contributed by atoms with E-state index in [1.807, 2.05) is 37.3 Å². The molecular weight excluding hydrogens is 296 g/mol. The van der Waals surface area contributed by atoms with Gasteiger partial charge in [-0.3, -0.25) is 9.59 Å². The lowest BCUT2D eigenvalue weighted by molar-refractivity contribution is -0.150. The molecule has 23 heavy (non-hydrogen) atoms. The van der Waals surface area contributed by atoms with Crippen molar-refractivity contribution in [3.63, 3.8) is 0 Å². The third-order valence-corrected chi connectivity index (χ3v) is 3.83. The minimum Gasteiger partial charge on any atom is -0.477 e. The molecule has 0 radical (unpaired) electrons. The molecule has 6 nitrogen and oxygen atoms in total. The van der Waals surface area contributed by atoms with Gasteiger partial charge in [0.25, 0.3) is 0 Å². The normalized spacial score (nSPS) is 22.0. The largest absolute Gasteiger partial charge is 0.477 e. The molecule has 6 heteroatoms. The van der Waals surface area contributed by atoms with Gasteiger partial charge in [0.15, 0.2) is 0 Å². The van der Waals surface area contributed by atoms with Gasteiger partial charge in [0.05, 0.1) is 6.42 Å². The van der Waals surface area contributed by atoms with Crippen LogP contribution < -0.4 is 5.73 Å². The fourth-order valence-electron chi connectivity index (χ4n) is 2.82. The van der Waals surface area contributed by atoms with Gasteiger partial charge in [-0.1, -0.05) is 43.3 Å². The summed E-state index contributed by atoms with van der Waals surface area (Å²) >= 11 is 0. The first-order valence-electron chi connectivity index (χ1n) is 7.48. The smallest absolute Gasteiger partial charge is 0.352 e. The molecule has 0 spiro atoms. The molecule has 1 fully saturated rings. The van der Waals surface area contributed by atoms with Gasteiger partial charge in [0.2, 0.25) is 11.8 Å². The Hall–Kier alpha value is -2.63. The lowest BCUT2D eigenvalue weighted by atomic mass is 9.86. The fraction of sp³-hybridized carbons (Fsp3) is 0.353. The summed E-state index contributed by atoms with van der Waals surface area (Å²) in [4.78, 5) is 33.7. The van der Waals surface area contributed by atoms with E-state index in [0.29, 0.717) is 12.8 Å². The Morgan fingerprint density at radius 3 is 2.48 bits per heavy atom. The number of β-lactam (4-membered cyclic amide) rings is 1. The number of nitrogens with two attached hydrogens (primary N) is 1. The second kappa shape index (κ2) is 7.09. The van der Waals surface area contributed by atoms with Gasteiger partial charge >= 0.3 is 5.97 Å². The molecule has 0 bridgehead atoms. The number of rotatable bonds is 3. The zero-order valence-electron chi connectivity index (χ0n) is 12.9. The number of amides is 2. The molecular formula is C17H20N2O4. The Morgan fingerprint density at radius 2 is 1.96 bits per heavy atom. The van der Waals surface area contributed by atoms with Gasteiger partial charge in [-0.2, -0.15) is 0 Å². The molecule has 0 saturated carbocycles. The van der Waals surface area contributed by atoms with E-state index in [1.54, 1.807) is 6.08 Å². The van der Waals surface area contributed by atoms with Crippen LogP contribution in [0.4, 0.5) is 0 Å². The number of allylic oxidation sites excluding steroid dienone is 1. The lowest BCUT2D eigenvalue weighted by Gasteiger charge is -2.44. The van der Waals surface area contributed by atoms with Crippen LogP contribution in [-0.4, -0.2) is 33.8 Å². The highest BCUT2D eigenvalue weighted by atomic mass is 16.4. The maximum atomic E-state index is 11.1. The highest BCUT2D eigenvalue weighted by molar-refractivity contribution is 5.96. The predicted molar refractivity (Wildman–Crippen MR) is 84.1 cm³/mol. The van der Waals surface area contributed by atoms with Crippen LogP contribution in [0.3, 0.4) is 0 Å². The van der Waals surface area contributed by atoms with Gasteiger partial charge in [0.1, 0.15) is 5.70 Å². The number of primary amides is 1. The summed E-state index contributed by atoms with van der Waals surface area (Å²) in [7, 11) is 0. The molecule has 1 saturated heterocycles. The molecule has 2 aliphatic heterocycles. The Kier molecular flexibility index (Phi) is 5.16. The Morgan fingerprint density at radius 1 is 1.30 bits per heavy atom. The summed E-state index contributed by atoms with van der Waals surface area (Å²) in [6, 6.07) is 9.58. The third-order valence-electron chi connectivity index (χ3n) is 3.83. The van der Waals surface area contributed by atoms with Crippen LogP contribution in [0.15, 0.2) is 42.1 Å². The SMILES string of the molecule is C[C@H]1C=C(C(=O)O)N2C(=O)C[C@@H]2C1.NC(=O)Cc1ccccc1. The number of nitrogens with zero attached hydrogens (tertiary/aromatic N) is 1. The topological polar surface area (TPSA) is 101 Å². The van der Waals surface area contributed by atoms with E-state index in [-0.39, 0.29) is 29.5 Å². The van der Waals surface area contributed by atoms with Crippen LogP contribution in [0.2, 0.25) is 0 Å². The van der Waals surface area contributed by atoms with Crippen molar-refractivity contribution in [2.75, 3.05) is 0 Å². The van der Waals surface area contributed by atoms with Gasteiger partial charge < -0.3 is 15.7 Å². The van der Waals surface area contributed by atoms with Crippen molar-refractivity contribution in [1.29, 1.82) is 0 Å². The highest BCUT2D eigenvalue weighted by Crippen LogP contribution is 2.34. The van der Waals surface area contributed by atoms with E-state index < -0.39 is 5.97 Å². The van der Waals surface area contributed by atoms with Crippen LogP contribution in [0.25, 0.3) is 0 Å². The van der Waals surface area contributed by atoms with Crippen molar-refractivity contribution in [2.45, 2.75) is 32.2 Å². The Labute approximate surface area is 134 Å².